The van der Waals surface area contributed by atoms with Crippen LogP contribution >= 0.6 is 11.8 Å². The van der Waals surface area contributed by atoms with Crippen molar-refractivity contribution in [2.45, 2.75) is 13.8 Å². The Labute approximate surface area is 119 Å². The average molecular weight is 282 g/mol. The molecule has 0 saturated carbocycles. The summed E-state index contributed by atoms with van der Waals surface area (Å²) in [5, 5.41) is 3.27. The first-order valence-corrected chi connectivity index (χ1v) is 7.77. The minimum atomic E-state index is -0.338. The fourth-order valence-electron chi connectivity index (χ4n) is 1.77. The van der Waals surface area contributed by atoms with Gasteiger partial charge in [0.05, 0.1) is 23.5 Å². The van der Waals surface area contributed by atoms with Crippen molar-refractivity contribution in [3.63, 3.8) is 0 Å². The van der Waals surface area contributed by atoms with Crippen molar-refractivity contribution in [3.05, 3.63) is 23.8 Å². The van der Waals surface area contributed by atoms with E-state index in [1.54, 1.807) is 36.9 Å². The summed E-state index contributed by atoms with van der Waals surface area (Å²) in [5.74, 6) is 1.23. The summed E-state index contributed by atoms with van der Waals surface area (Å²) in [7, 11) is 0. The van der Waals surface area contributed by atoms with Crippen molar-refractivity contribution in [1.29, 1.82) is 0 Å². The van der Waals surface area contributed by atoms with Crippen molar-refractivity contribution in [2.75, 3.05) is 36.2 Å². The molecule has 0 aliphatic rings. The molecule has 0 fully saturated rings. The normalized spacial score (nSPS) is 11.9. The number of carbonyl (C=O) groups excluding carboxylic acids is 1. The number of thioether (sulfide) groups is 1. The van der Waals surface area contributed by atoms with Gasteiger partial charge >= 0.3 is 5.97 Å². The van der Waals surface area contributed by atoms with Crippen LogP contribution in [-0.2, 0) is 4.74 Å². The molecule has 0 bridgehead atoms. The highest BCUT2D eigenvalue weighted by atomic mass is 32.2. The van der Waals surface area contributed by atoms with E-state index < -0.39 is 0 Å². The second-order valence-electron chi connectivity index (χ2n) is 4.43. The van der Waals surface area contributed by atoms with Crippen LogP contribution in [0.5, 0.6) is 0 Å². The fourth-order valence-corrected chi connectivity index (χ4v) is 2.45. The van der Waals surface area contributed by atoms with Crippen LogP contribution in [0.1, 0.15) is 24.2 Å². The Bertz CT molecular complexity index is 424. The lowest BCUT2D eigenvalue weighted by atomic mass is 10.1. The van der Waals surface area contributed by atoms with Gasteiger partial charge in [0, 0.05) is 6.54 Å². The molecular weight excluding hydrogens is 260 g/mol. The summed E-state index contributed by atoms with van der Waals surface area (Å²) in [4.78, 5) is 11.9. The van der Waals surface area contributed by atoms with Crippen LogP contribution in [0.2, 0.25) is 0 Å². The molecular formula is C14H22N2O2S. The zero-order chi connectivity index (χ0) is 14.3. The molecule has 0 radical (unpaired) electrons. The number of para-hydroxylation sites is 1. The number of ether oxygens (including phenoxy) is 1. The standard InChI is InChI=1S/C14H22N2O2S/c1-4-18-14(17)11-6-5-7-12(15)13(11)16-8-10(2)9-19-3/h5-7,10,16H,4,8-9,15H2,1-3H3. The van der Waals surface area contributed by atoms with Gasteiger partial charge in [0.1, 0.15) is 0 Å². The molecule has 0 amide bonds. The average Bonchev–Trinajstić information content (AvgIpc) is 2.37. The second kappa shape index (κ2) is 7.94. The van der Waals surface area contributed by atoms with Crippen LogP contribution in [0.15, 0.2) is 18.2 Å². The number of hydrogen-bond donors (Lipinski definition) is 2. The Morgan fingerprint density at radius 1 is 1.53 bits per heavy atom. The lowest BCUT2D eigenvalue weighted by Gasteiger charge is -2.16. The van der Waals surface area contributed by atoms with Crippen LogP contribution < -0.4 is 11.1 Å². The largest absolute Gasteiger partial charge is 0.462 e. The molecule has 1 aromatic carbocycles. The number of carbonyl (C=O) groups is 1. The Hall–Kier alpha value is -1.36. The summed E-state index contributed by atoms with van der Waals surface area (Å²) in [6.45, 7) is 5.09. The topological polar surface area (TPSA) is 64.3 Å². The maximum atomic E-state index is 11.9. The number of nitrogens with two attached hydrogens (primary N) is 1. The summed E-state index contributed by atoms with van der Waals surface area (Å²) in [5.41, 5.74) is 7.68. The van der Waals surface area contributed by atoms with Gasteiger partial charge in [-0.05, 0) is 37.0 Å². The van der Waals surface area contributed by atoms with E-state index in [1.165, 1.54) is 0 Å². The fraction of sp³-hybridized carbons (Fsp3) is 0.500. The number of rotatable bonds is 7. The zero-order valence-electron chi connectivity index (χ0n) is 11.7. The highest BCUT2D eigenvalue weighted by Gasteiger charge is 2.15. The summed E-state index contributed by atoms with van der Waals surface area (Å²) >= 11 is 1.80. The van der Waals surface area contributed by atoms with Crippen molar-refractivity contribution in [2.24, 2.45) is 5.92 Å². The predicted octanol–water partition coefficient (Wildman–Crippen LogP) is 2.86. The van der Waals surface area contributed by atoms with Crippen LogP contribution in [0.4, 0.5) is 11.4 Å². The van der Waals surface area contributed by atoms with E-state index >= 15 is 0 Å². The quantitative estimate of drug-likeness (QED) is 0.594. The number of benzene rings is 1. The molecule has 0 aromatic heterocycles. The van der Waals surface area contributed by atoms with E-state index in [1.807, 2.05) is 0 Å². The minimum absolute atomic E-state index is 0.338. The first kappa shape index (κ1) is 15.7. The van der Waals surface area contributed by atoms with Gasteiger partial charge in [0.15, 0.2) is 0 Å². The maximum Gasteiger partial charge on any atom is 0.340 e. The third kappa shape index (κ3) is 4.67. The van der Waals surface area contributed by atoms with E-state index in [0.29, 0.717) is 29.5 Å². The Balaban J connectivity index is 2.83. The molecule has 5 heteroatoms. The first-order chi connectivity index (χ1) is 9.10. The van der Waals surface area contributed by atoms with Crippen molar-refractivity contribution in [3.8, 4) is 0 Å². The van der Waals surface area contributed by atoms with Gasteiger partial charge in [0.2, 0.25) is 0 Å². The molecule has 1 aromatic rings. The summed E-state index contributed by atoms with van der Waals surface area (Å²) in [6.07, 6.45) is 2.08. The van der Waals surface area contributed by atoms with Crippen LogP contribution in [0.3, 0.4) is 0 Å². The predicted molar refractivity (Wildman–Crippen MR) is 82.8 cm³/mol. The Morgan fingerprint density at radius 2 is 2.26 bits per heavy atom. The monoisotopic (exact) mass is 282 g/mol. The van der Waals surface area contributed by atoms with Gasteiger partial charge in [0.25, 0.3) is 0 Å². The molecule has 3 N–H and O–H groups in total. The summed E-state index contributed by atoms with van der Waals surface area (Å²) < 4.78 is 5.04. The van der Waals surface area contributed by atoms with Gasteiger partial charge in [-0.15, -0.1) is 0 Å². The van der Waals surface area contributed by atoms with E-state index in [0.717, 1.165) is 12.3 Å². The van der Waals surface area contributed by atoms with Crippen LogP contribution in [-0.4, -0.2) is 31.1 Å². The van der Waals surface area contributed by atoms with Crippen molar-refractivity contribution < 1.29 is 9.53 Å². The Kier molecular flexibility index (Phi) is 6.56. The molecule has 4 nitrogen and oxygen atoms in total. The highest BCUT2D eigenvalue weighted by Crippen LogP contribution is 2.24. The van der Waals surface area contributed by atoms with E-state index in [9.17, 15) is 4.79 Å². The maximum absolute atomic E-state index is 11.9. The third-order valence-corrected chi connectivity index (χ3v) is 3.57. The van der Waals surface area contributed by atoms with E-state index in [4.69, 9.17) is 10.5 Å². The third-order valence-electron chi connectivity index (χ3n) is 2.67. The van der Waals surface area contributed by atoms with Crippen molar-refractivity contribution >= 4 is 29.1 Å². The smallest absolute Gasteiger partial charge is 0.340 e. The molecule has 0 saturated heterocycles. The molecule has 0 aliphatic heterocycles. The van der Waals surface area contributed by atoms with Crippen LogP contribution in [0, 0.1) is 5.92 Å². The molecule has 0 aliphatic carbocycles. The van der Waals surface area contributed by atoms with Gasteiger partial charge in [-0.25, -0.2) is 4.79 Å². The van der Waals surface area contributed by atoms with Gasteiger partial charge in [-0.1, -0.05) is 13.0 Å². The van der Waals surface area contributed by atoms with Gasteiger partial charge in [-0.2, -0.15) is 11.8 Å². The Morgan fingerprint density at radius 3 is 2.89 bits per heavy atom. The lowest BCUT2D eigenvalue weighted by molar-refractivity contribution is 0.0527. The number of esters is 1. The van der Waals surface area contributed by atoms with Gasteiger partial charge < -0.3 is 15.8 Å². The van der Waals surface area contributed by atoms with E-state index in [-0.39, 0.29) is 5.97 Å². The number of nitrogen functional groups attached to an aromatic ring is 1. The van der Waals surface area contributed by atoms with Crippen LogP contribution in [0.25, 0.3) is 0 Å². The van der Waals surface area contributed by atoms with Gasteiger partial charge in [-0.3, -0.25) is 0 Å². The first-order valence-electron chi connectivity index (χ1n) is 6.38. The molecule has 0 heterocycles. The zero-order valence-corrected chi connectivity index (χ0v) is 12.5. The lowest BCUT2D eigenvalue weighted by Crippen LogP contribution is -2.17. The SMILES string of the molecule is CCOC(=O)c1cccc(N)c1NCC(C)CSC. The molecule has 1 atom stereocenters. The highest BCUT2D eigenvalue weighted by molar-refractivity contribution is 7.98. The number of hydrogen-bond acceptors (Lipinski definition) is 5. The second-order valence-corrected chi connectivity index (χ2v) is 5.34. The molecule has 1 unspecified atom stereocenters. The van der Waals surface area contributed by atoms with E-state index in [2.05, 4.69) is 18.5 Å². The summed E-state index contributed by atoms with van der Waals surface area (Å²) in [6, 6.07) is 5.28. The van der Waals surface area contributed by atoms with Crippen molar-refractivity contribution in [1.82, 2.24) is 0 Å². The number of anilines is 2. The molecule has 0 spiro atoms. The minimum Gasteiger partial charge on any atom is -0.462 e. The molecule has 1 rings (SSSR count). The molecule has 19 heavy (non-hydrogen) atoms. The number of nitrogens with one attached hydrogen (secondary N) is 1. The molecule has 106 valence electrons.